The zero-order valence-corrected chi connectivity index (χ0v) is 5.96. The molecule has 0 saturated heterocycles. The van der Waals surface area contributed by atoms with Crippen LogP contribution in [0.2, 0.25) is 0 Å². The van der Waals surface area contributed by atoms with Gasteiger partial charge in [-0.1, -0.05) is 13.0 Å². The van der Waals surface area contributed by atoms with E-state index in [1.54, 1.807) is 13.8 Å². The largest absolute Gasteiger partial charge is 0.396 e. The van der Waals surface area contributed by atoms with Crippen LogP contribution >= 0.6 is 0 Å². The standard InChI is InChI=1S/C7H14O2/c1-4-7(3,9)6(2)5-8/h4,6,8-9H,1,5H2,2-3H3/t6-,7-/m1/s1. The minimum absolute atomic E-state index is 0.0149. The number of aliphatic hydroxyl groups excluding tert-OH is 1. The molecule has 0 aliphatic heterocycles. The van der Waals surface area contributed by atoms with Gasteiger partial charge in [-0.15, -0.1) is 6.58 Å². The second-order valence-electron chi connectivity index (χ2n) is 2.51. The molecule has 2 nitrogen and oxygen atoms in total. The Morgan fingerprint density at radius 1 is 1.78 bits per heavy atom. The summed E-state index contributed by atoms with van der Waals surface area (Å²) in [4.78, 5) is 0. The Bertz CT molecular complexity index is 97.1. The Morgan fingerprint density at radius 3 is 2.33 bits per heavy atom. The van der Waals surface area contributed by atoms with Gasteiger partial charge in [-0.2, -0.15) is 0 Å². The molecule has 2 N–H and O–H groups in total. The van der Waals surface area contributed by atoms with Crippen molar-refractivity contribution in [3.63, 3.8) is 0 Å². The lowest BCUT2D eigenvalue weighted by atomic mass is 9.92. The van der Waals surface area contributed by atoms with Crippen molar-refractivity contribution in [2.24, 2.45) is 5.92 Å². The highest BCUT2D eigenvalue weighted by atomic mass is 16.3. The predicted molar refractivity (Wildman–Crippen MR) is 37.1 cm³/mol. The first kappa shape index (κ1) is 8.66. The summed E-state index contributed by atoms with van der Waals surface area (Å²) in [6.45, 7) is 6.82. The fourth-order valence-electron chi connectivity index (χ4n) is 0.386. The Balaban J connectivity index is 3.95. The fraction of sp³-hybridized carbons (Fsp3) is 0.714. The van der Waals surface area contributed by atoms with Gasteiger partial charge in [0.05, 0.1) is 5.60 Å². The summed E-state index contributed by atoms with van der Waals surface area (Å²) in [6, 6.07) is 0. The van der Waals surface area contributed by atoms with Gasteiger partial charge < -0.3 is 10.2 Å². The van der Waals surface area contributed by atoms with Gasteiger partial charge in [-0.05, 0) is 6.92 Å². The van der Waals surface area contributed by atoms with Crippen molar-refractivity contribution in [2.75, 3.05) is 6.61 Å². The van der Waals surface area contributed by atoms with Crippen LogP contribution in [-0.2, 0) is 0 Å². The van der Waals surface area contributed by atoms with E-state index in [9.17, 15) is 5.11 Å². The van der Waals surface area contributed by atoms with E-state index in [1.165, 1.54) is 6.08 Å². The van der Waals surface area contributed by atoms with Crippen LogP contribution in [0.3, 0.4) is 0 Å². The van der Waals surface area contributed by atoms with Crippen molar-refractivity contribution in [3.8, 4) is 0 Å². The van der Waals surface area contributed by atoms with Crippen molar-refractivity contribution < 1.29 is 10.2 Å². The van der Waals surface area contributed by atoms with Crippen molar-refractivity contribution in [2.45, 2.75) is 19.4 Å². The molecule has 0 spiro atoms. The SMILES string of the molecule is C=C[C@@](C)(O)[C@H](C)CO. The summed E-state index contributed by atoms with van der Waals surface area (Å²) in [6.07, 6.45) is 1.44. The van der Waals surface area contributed by atoms with E-state index < -0.39 is 5.60 Å². The maximum atomic E-state index is 9.31. The highest BCUT2D eigenvalue weighted by Crippen LogP contribution is 2.16. The van der Waals surface area contributed by atoms with Crippen LogP contribution in [-0.4, -0.2) is 22.4 Å². The van der Waals surface area contributed by atoms with Gasteiger partial charge in [0.1, 0.15) is 0 Å². The smallest absolute Gasteiger partial charge is 0.0844 e. The van der Waals surface area contributed by atoms with Crippen molar-refractivity contribution in [3.05, 3.63) is 12.7 Å². The lowest BCUT2D eigenvalue weighted by molar-refractivity contribution is 0.0258. The third kappa shape index (κ3) is 2.16. The molecule has 0 radical (unpaired) electrons. The zero-order chi connectivity index (χ0) is 7.49. The summed E-state index contributed by atoms with van der Waals surface area (Å²) in [7, 11) is 0. The first-order chi connectivity index (χ1) is 4.04. The summed E-state index contributed by atoms with van der Waals surface area (Å²) >= 11 is 0. The topological polar surface area (TPSA) is 40.5 Å². The van der Waals surface area contributed by atoms with Crippen LogP contribution in [0.4, 0.5) is 0 Å². The molecule has 0 aliphatic carbocycles. The summed E-state index contributed by atoms with van der Waals surface area (Å²) in [5.74, 6) is -0.144. The van der Waals surface area contributed by atoms with E-state index >= 15 is 0 Å². The molecule has 54 valence electrons. The van der Waals surface area contributed by atoms with Crippen LogP contribution in [0.1, 0.15) is 13.8 Å². The molecular weight excluding hydrogens is 116 g/mol. The Kier molecular flexibility index (Phi) is 2.88. The predicted octanol–water partition coefficient (Wildman–Crippen LogP) is 0.552. The average molecular weight is 130 g/mol. The number of hydrogen-bond acceptors (Lipinski definition) is 2. The van der Waals surface area contributed by atoms with Gasteiger partial charge in [0, 0.05) is 12.5 Å². The summed E-state index contributed by atoms with van der Waals surface area (Å²) < 4.78 is 0. The normalized spacial score (nSPS) is 20.4. The highest BCUT2D eigenvalue weighted by molar-refractivity contribution is 4.95. The third-order valence-corrected chi connectivity index (χ3v) is 1.68. The second kappa shape index (κ2) is 2.99. The molecule has 0 amide bonds. The van der Waals surface area contributed by atoms with Crippen LogP contribution < -0.4 is 0 Å². The number of hydrogen-bond donors (Lipinski definition) is 2. The average Bonchev–Trinajstić information content (AvgIpc) is 1.86. The zero-order valence-electron chi connectivity index (χ0n) is 5.96. The first-order valence-electron chi connectivity index (χ1n) is 3.01. The van der Waals surface area contributed by atoms with Crippen LogP contribution in [0.15, 0.2) is 12.7 Å². The Morgan fingerprint density at radius 2 is 2.22 bits per heavy atom. The monoisotopic (exact) mass is 130 g/mol. The van der Waals surface area contributed by atoms with Crippen molar-refractivity contribution in [1.29, 1.82) is 0 Å². The molecule has 0 unspecified atom stereocenters. The van der Waals surface area contributed by atoms with Gasteiger partial charge in [0.25, 0.3) is 0 Å². The molecule has 2 heteroatoms. The van der Waals surface area contributed by atoms with E-state index in [4.69, 9.17) is 5.11 Å². The molecule has 2 atom stereocenters. The molecule has 0 aromatic heterocycles. The van der Waals surface area contributed by atoms with Crippen molar-refractivity contribution >= 4 is 0 Å². The quantitative estimate of drug-likeness (QED) is 0.548. The maximum absolute atomic E-state index is 9.31. The molecule has 0 saturated carbocycles. The van der Waals surface area contributed by atoms with Gasteiger partial charge in [0.15, 0.2) is 0 Å². The van der Waals surface area contributed by atoms with Gasteiger partial charge in [0.2, 0.25) is 0 Å². The first-order valence-corrected chi connectivity index (χ1v) is 3.01. The molecule has 0 bridgehead atoms. The Labute approximate surface area is 55.8 Å². The van der Waals surface area contributed by atoms with E-state index in [0.29, 0.717) is 0 Å². The molecule has 0 aliphatic rings. The molecule has 0 heterocycles. The maximum Gasteiger partial charge on any atom is 0.0844 e. The summed E-state index contributed by atoms with van der Waals surface area (Å²) in [5.41, 5.74) is -0.936. The third-order valence-electron chi connectivity index (χ3n) is 1.68. The van der Waals surface area contributed by atoms with E-state index in [-0.39, 0.29) is 12.5 Å². The molecular formula is C7H14O2. The minimum atomic E-state index is -0.936. The van der Waals surface area contributed by atoms with Gasteiger partial charge in [-0.3, -0.25) is 0 Å². The fourth-order valence-corrected chi connectivity index (χ4v) is 0.386. The van der Waals surface area contributed by atoms with E-state index in [2.05, 4.69) is 6.58 Å². The van der Waals surface area contributed by atoms with E-state index in [0.717, 1.165) is 0 Å². The summed E-state index contributed by atoms with van der Waals surface area (Å²) in [5, 5.41) is 17.9. The highest BCUT2D eigenvalue weighted by Gasteiger charge is 2.22. The number of rotatable bonds is 3. The van der Waals surface area contributed by atoms with Gasteiger partial charge >= 0.3 is 0 Å². The molecule has 0 rings (SSSR count). The lowest BCUT2D eigenvalue weighted by Crippen LogP contribution is -2.32. The van der Waals surface area contributed by atoms with Crippen LogP contribution in [0.25, 0.3) is 0 Å². The van der Waals surface area contributed by atoms with Crippen LogP contribution in [0, 0.1) is 5.92 Å². The molecule has 0 fully saturated rings. The lowest BCUT2D eigenvalue weighted by Gasteiger charge is -2.24. The van der Waals surface area contributed by atoms with Crippen LogP contribution in [0.5, 0.6) is 0 Å². The van der Waals surface area contributed by atoms with Gasteiger partial charge in [-0.25, -0.2) is 0 Å². The van der Waals surface area contributed by atoms with Crippen molar-refractivity contribution in [1.82, 2.24) is 0 Å². The molecule has 9 heavy (non-hydrogen) atoms. The second-order valence-corrected chi connectivity index (χ2v) is 2.51. The minimum Gasteiger partial charge on any atom is -0.396 e. The molecule has 0 aromatic carbocycles. The van der Waals surface area contributed by atoms with E-state index in [1.807, 2.05) is 0 Å². The Hall–Kier alpha value is -0.340. The number of aliphatic hydroxyl groups is 2. The molecule has 0 aromatic rings.